The number of hydrogen-bond donors (Lipinski definition) is 1. The average molecular weight is 652 g/mol. The Hall–Kier alpha value is -4.22. The van der Waals surface area contributed by atoms with E-state index in [2.05, 4.69) is 15.9 Å². The number of nitrogens with zero attached hydrogens (tertiary/aromatic N) is 2. The first-order chi connectivity index (χ1) is 20.2. The van der Waals surface area contributed by atoms with Crippen molar-refractivity contribution in [1.29, 1.82) is 0 Å². The van der Waals surface area contributed by atoms with Crippen LogP contribution in [0, 0.1) is 0 Å². The van der Waals surface area contributed by atoms with Crippen LogP contribution in [0.15, 0.2) is 84.5 Å². The van der Waals surface area contributed by atoms with E-state index in [1.54, 1.807) is 43.3 Å². The van der Waals surface area contributed by atoms with Crippen molar-refractivity contribution in [2.45, 2.75) is 32.7 Å². The zero-order valence-corrected chi connectivity index (χ0v) is 25.5. The third-order valence-electron chi connectivity index (χ3n) is 6.67. The summed E-state index contributed by atoms with van der Waals surface area (Å²) in [7, 11) is 1.54. The highest BCUT2D eigenvalue weighted by Crippen LogP contribution is 2.38. The maximum atomic E-state index is 14.0. The minimum absolute atomic E-state index is 0.141. The summed E-state index contributed by atoms with van der Waals surface area (Å²) in [5, 5.41) is 9.33. The Bertz CT molecular complexity index is 1900. The second-order valence-electron chi connectivity index (χ2n) is 9.39. The van der Waals surface area contributed by atoms with E-state index in [0.29, 0.717) is 55.4 Å². The lowest BCUT2D eigenvalue weighted by Gasteiger charge is -2.27. The SMILES string of the molecule is CCCC1=C(C(=O)OCC)[C@H](c2cc(Br)ccc2OC)n2c(s/c(=C/c3ccc(-c4cccc(C(=O)O)c4)o3)c2=O)=N1. The van der Waals surface area contributed by atoms with Gasteiger partial charge in [-0.2, -0.15) is 0 Å². The van der Waals surface area contributed by atoms with Crippen LogP contribution >= 0.6 is 27.3 Å². The third kappa shape index (κ3) is 5.62. The fourth-order valence-electron chi connectivity index (χ4n) is 4.85. The van der Waals surface area contributed by atoms with Crippen LogP contribution in [-0.4, -0.2) is 35.3 Å². The molecule has 4 aromatic rings. The van der Waals surface area contributed by atoms with Crippen LogP contribution in [0.25, 0.3) is 17.4 Å². The van der Waals surface area contributed by atoms with Gasteiger partial charge in [-0.25, -0.2) is 14.6 Å². The number of allylic oxidation sites excluding steroid dienone is 1. The van der Waals surface area contributed by atoms with E-state index in [0.717, 1.165) is 10.9 Å². The van der Waals surface area contributed by atoms with Crippen molar-refractivity contribution in [3.05, 3.63) is 107 Å². The average Bonchev–Trinajstić information content (AvgIpc) is 3.57. The van der Waals surface area contributed by atoms with Crippen LogP contribution in [0.5, 0.6) is 5.75 Å². The highest BCUT2D eigenvalue weighted by Gasteiger charge is 2.36. The highest BCUT2D eigenvalue weighted by atomic mass is 79.9. The van der Waals surface area contributed by atoms with Crippen molar-refractivity contribution < 1.29 is 28.6 Å². The molecule has 1 atom stereocenters. The summed E-state index contributed by atoms with van der Waals surface area (Å²) >= 11 is 4.71. The molecule has 9 nitrogen and oxygen atoms in total. The number of aromatic carboxylic acids is 1. The van der Waals surface area contributed by atoms with Crippen LogP contribution in [0.2, 0.25) is 0 Å². The lowest BCUT2D eigenvalue weighted by molar-refractivity contribution is -0.139. The van der Waals surface area contributed by atoms with E-state index in [-0.39, 0.29) is 17.7 Å². The van der Waals surface area contributed by atoms with Gasteiger partial charge in [-0.1, -0.05) is 52.7 Å². The number of hydrogen-bond acceptors (Lipinski definition) is 8. The first-order valence-electron chi connectivity index (χ1n) is 13.2. The van der Waals surface area contributed by atoms with Gasteiger partial charge in [0.2, 0.25) is 0 Å². The second-order valence-corrected chi connectivity index (χ2v) is 11.3. The molecular weight excluding hydrogens is 624 g/mol. The van der Waals surface area contributed by atoms with E-state index in [1.165, 1.54) is 35.1 Å². The van der Waals surface area contributed by atoms with Crippen molar-refractivity contribution >= 4 is 45.3 Å². The van der Waals surface area contributed by atoms with E-state index in [4.69, 9.17) is 18.9 Å². The molecule has 0 saturated carbocycles. The number of fused-ring (bicyclic) bond motifs is 1. The minimum atomic E-state index is -1.04. The smallest absolute Gasteiger partial charge is 0.338 e. The lowest BCUT2D eigenvalue weighted by Crippen LogP contribution is -2.40. The fourth-order valence-corrected chi connectivity index (χ4v) is 6.23. The molecule has 0 aliphatic carbocycles. The number of carbonyl (C=O) groups excluding carboxylic acids is 1. The molecule has 2 aromatic carbocycles. The zero-order chi connectivity index (χ0) is 30.0. The topological polar surface area (TPSA) is 120 Å². The van der Waals surface area contributed by atoms with Gasteiger partial charge in [0.05, 0.1) is 35.1 Å². The van der Waals surface area contributed by atoms with Crippen LogP contribution in [0.3, 0.4) is 0 Å². The van der Waals surface area contributed by atoms with Gasteiger partial charge >= 0.3 is 11.9 Å². The molecule has 0 radical (unpaired) electrons. The van der Waals surface area contributed by atoms with E-state index in [9.17, 15) is 19.5 Å². The van der Waals surface area contributed by atoms with E-state index >= 15 is 0 Å². The van der Waals surface area contributed by atoms with Gasteiger partial charge in [0, 0.05) is 21.7 Å². The Labute approximate surface area is 253 Å². The van der Waals surface area contributed by atoms with Gasteiger partial charge in [0.15, 0.2) is 4.80 Å². The summed E-state index contributed by atoms with van der Waals surface area (Å²) in [5.74, 6) is -0.192. The molecule has 0 unspecified atom stereocenters. The summed E-state index contributed by atoms with van der Waals surface area (Å²) < 4.78 is 19.7. The van der Waals surface area contributed by atoms with Crippen molar-refractivity contribution in [2.24, 2.45) is 4.99 Å². The Morgan fingerprint density at radius 3 is 2.69 bits per heavy atom. The van der Waals surface area contributed by atoms with Gasteiger partial charge in [0.25, 0.3) is 5.56 Å². The Morgan fingerprint density at radius 2 is 1.98 bits per heavy atom. The van der Waals surface area contributed by atoms with E-state index < -0.39 is 18.0 Å². The molecular formula is C31H27BrN2O7S. The van der Waals surface area contributed by atoms with Gasteiger partial charge in [-0.3, -0.25) is 9.36 Å². The van der Waals surface area contributed by atoms with Crippen LogP contribution in [0.4, 0.5) is 0 Å². The van der Waals surface area contributed by atoms with Gasteiger partial charge < -0.3 is 19.0 Å². The van der Waals surface area contributed by atoms with Gasteiger partial charge in [-0.15, -0.1) is 0 Å². The summed E-state index contributed by atoms with van der Waals surface area (Å²) in [6.07, 6.45) is 2.87. The Balaban J connectivity index is 1.69. The summed E-state index contributed by atoms with van der Waals surface area (Å²) in [4.78, 5) is 44.0. The molecule has 3 heterocycles. The first kappa shape index (κ1) is 29.3. The number of halogens is 1. The first-order valence-corrected chi connectivity index (χ1v) is 14.9. The number of esters is 1. The monoisotopic (exact) mass is 650 g/mol. The molecule has 0 fully saturated rings. The predicted octanol–water partition coefficient (Wildman–Crippen LogP) is 5.31. The number of thiazole rings is 1. The second kappa shape index (κ2) is 12.3. The number of carboxylic acid groups (broad SMARTS) is 1. The molecule has 1 N–H and O–H groups in total. The zero-order valence-electron chi connectivity index (χ0n) is 23.0. The minimum Gasteiger partial charge on any atom is -0.496 e. The van der Waals surface area contributed by atoms with E-state index in [1.807, 2.05) is 19.1 Å². The number of methoxy groups -OCH3 is 1. The van der Waals surface area contributed by atoms with Gasteiger partial charge in [-0.05, 0) is 55.8 Å². The molecule has 2 aromatic heterocycles. The fraction of sp³-hybridized carbons (Fsp3) is 0.226. The summed E-state index contributed by atoms with van der Waals surface area (Å²) in [6.45, 7) is 3.90. The highest BCUT2D eigenvalue weighted by molar-refractivity contribution is 9.10. The predicted molar refractivity (Wildman–Crippen MR) is 161 cm³/mol. The number of rotatable bonds is 9. The normalized spacial score (nSPS) is 14.9. The standard InChI is InChI=1S/C31H27BrN2O7S/c1-4-7-22-26(30(38)40-5-2)27(21-15-19(32)10-12-24(21)39-3)34-28(35)25(42-31(34)33-22)16-20-11-13-23(41-20)17-8-6-9-18(14-17)29(36)37/h6,8-16,27H,4-5,7H2,1-3H3,(H,36,37)/b25-16+/t27-/m0/s1. The lowest BCUT2D eigenvalue weighted by atomic mass is 9.93. The molecule has 42 heavy (non-hydrogen) atoms. The van der Waals surface area contributed by atoms with Crippen molar-refractivity contribution in [3.63, 3.8) is 0 Å². The van der Waals surface area contributed by atoms with Gasteiger partial charge in [0.1, 0.15) is 23.3 Å². The maximum Gasteiger partial charge on any atom is 0.338 e. The number of benzene rings is 2. The Kier molecular flexibility index (Phi) is 8.60. The quantitative estimate of drug-likeness (QED) is 0.244. The van der Waals surface area contributed by atoms with Crippen molar-refractivity contribution in [2.75, 3.05) is 13.7 Å². The van der Waals surface area contributed by atoms with Crippen LogP contribution in [0.1, 0.15) is 54.4 Å². The summed E-state index contributed by atoms with van der Waals surface area (Å²) in [5.41, 5.74) is 1.86. The molecule has 0 saturated heterocycles. The van der Waals surface area contributed by atoms with Crippen molar-refractivity contribution in [1.82, 2.24) is 4.57 Å². The molecule has 0 bridgehead atoms. The number of aromatic nitrogens is 1. The molecule has 11 heteroatoms. The molecule has 1 aliphatic heterocycles. The molecule has 5 rings (SSSR count). The van der Waals surface area contributed by atoms with Crippen LogP contribution in [-0.2, 0) is 9.53 Å². The third-order valence-corrected chi connectivity index (χ3v) is 8.15. The number of ether oxygens (including phenoxy) is 2. The molecule has 0 amide bonds. The Morgan fingerprint density at radius 1 is 1.17 bits per heavy atom. The number of carbonyl (C=O) groups is 2. The van der Waals surface area contributed by atoms with Crippen molar-refractivity contribution in [3.8, 4) is 17.1 Å². The number of furan rings is 1. The summed E-state index contributed by atoms with van der Waals surface area (Å²) in [6, 6.07) is 14.5. The molecule has 1 aliphatic rings. The van der Waals surface area contributed by atoms with Crippen LogP contribution < -0.4 is 19.6 Å². The molecule has 0 spiro atoms. The number of carboxylic acids is 1. The molecule has 216 valence electrons. The largest absolute Gasteiger partial charge is 0.496 e. The maximum absolute atomic E-state index is 14.0.